The number of fused-ring (bicyclic) bond motifs is 1. The lowest BCUT2D eigenvalue weighted by atomic mass is 10.0. The zero-order valence-electron chi connectivity index (χ0n) is 15.8. The fourth-order valence-electron chi connectivity index (χ4n) is 3.50. The van der Waals surface area contributed by atoms with Crippen molar-refractivity contribution in [1.82, 2.24) is 0 Å². The molecule has 2 aliphatic heterocycles. The van der Waals surface area contributed by atoms with E-state index < -0.39 is 22.2 Å². The van der Waals surface area contributed by atoms with Crippen LogP contribution in [0.2, 0.25) is 0 Å². The quantitative estimate of drug-likeness (QED) is 0.682. The van der Waals surface area contributed by atoms with Gasteiger partial charge in [-0.25, -0.2) is 8.42 Å². The van der Waals surface area contributed by atoms with Gasteiger partial charge in [-0.2, -0.15) is 4.99 Å². The van der Waals surface area contributed by atoms with Crippen LogP contribution in [0.3, 0.4) is 0 Å². The first kappa shape index (κ1) is 21.9. The van der Waals surface area contributed by atoms with Gasteiger partial charge in [0.25, 0.3) is 5.91 Å². The molecular weight excluding hydrogens is 429 g/mol. The molecule has 3 rings (SSSR count). The highest BCUT2D eigenvalue weighted by molar-refractivity contribution is 8.16. The van der Waals surface area contributed by atoms with Crippen molar-refractivity contribution in [1.29, 1.82) is 0 Å². The molecule has 0 N–H and O–H groups in total. The normalized spacial score (nSPS) is 24.9. The van der Waals surface area contributed by atoms with Crippen LogP contribution in [-0.4, -0.2) is 48.7 Å². The zero-order valence-corrected chi connectivity index (χ0v) is 17.5. The van der Waals surface area contributed by atoms with Crippen LogP contribution < -0.4 is 9.64 Å². The summed E-state index contributed by atoms with van der Waals surface area (Å²) in [7, 11) is -3.23. The summed E-state index contributed by atoms with van der Waals surface area (Å²) in [5, 5.41) is 0.107. The number of halogens is 3. The van der Waals surface area contributed by atoms with Crippen LogP contribution in [0, 0.1) is 5.92 Å². The second kappa shape index (κ2) is 8.17. The predicted octanol–water partition coefficient (Wildman–Crippen LogP) is 3.62. The minimum Gasteiger partial charge on any atom is -0.406 e. The van der Waals surface area contributed by atoms with Gasteiger partial charge in [0.05, 0.1) is 17.5 Å². The number of rotatable bonds is 5. The van der Waals surface area contributed by atoms with E-state index in [1.54, 1.807) is 4.90 Å². The summed E-state index contributed by atoms with van der Waals surface area (Å²) in [5.74, 6) is -0.995. The molecule has 0 saturated carbocycles. The number of hydrogen-bond acceptors (Lipinski definition) is 5. The number of anilines is 1. The van der Waals surface area contributed by atoms with Gasteiger partial charge in [0.15, 0.2) is 15.0 Å². The summed E-state index contributed by atoms with van der Waals surface area (Å²) >= 11 is 1.23. The lowest BCUT2D eigenvalue weighted by Gasteiger charge is -2.25. The van der Waals surface area contributed by atoms with Crippen LogP contribution in [0.25, 0.3) is 0 Å². The first-order valence-electron chi connectivity index (χ1n) is 9.17. The Bertz CT molecular complexity index is 897. The van der Waals surface area contributed by atoms with E-state index in [2.05, 4.69) is 9.73 Å². The number of alkyl halides is 3. The Morgan fingerprint density at radius 2 is 1.86 bits per heavy atom. The van der Waals surface area contributed by atoms with E-state index in [0.717, 1.165) is 12.1 Å². The number of aliphatic imine (C=N–C) groups is 1. The first-order chi connectivity index (χ1) is 13.5. The number of nitrogens with zero attached hydrogens (tertiary/aromatic N) is 2. The maximum absolute atomic E-state index is 12.5. The minimum atomic E-state index is -4.80. The summed E-state index contributed by atoms with van der Waals surface area (Å²) in [6, 6.07) is 4.71. The molecule has 29 heavy (non-hydrogen) atoms. The number of amides is 1. The Hall–Kier alpha value is -1.75. The van der Waals surface area contributed by atoms with Crippen LogP contribution in [0.4, 0.5) is 18.9 Å². The van der Waals surface area contributed by atoms with Gasteiger partial charge in [0.2, 0.25) is 0 Å². The molecule has 2 saturated heterocycles. The third-order valence-corrected chi connectivity index (χ3v) is 8.17. The molecule has 6 nitrogen and oxygen atoms in total. The van der Waals surface area contributed by atoms with Crippen LogP contribution in [-0.2, 0) is 14.6 Å². The summed E-state index contributed by atoms with van der Waals surface area (Å²) in [4.78, 5) is 18.4. The molecule has 0 aromatic heterocycles. The van der Waals surface area contributed by atoms with Crippen molar-refractivity contribution in [3.05, 3.63) is 24.3 Å². The number of carbonyl (C=O) groups is 1. The first-order valence-corrected chi connectivity index (χ1v) is 11.9. The maximum Gasteiger partial charge on any atom is 0.573 e. The van der Waals surface area contributed by atoms with Crippen molar-refractivity contribution < 1.29 is 31.1 Å². The number of thioether (sulfide) groups is 1. The second-order valence-electron chi connectivity index (χ2n) is 6.96. The molecule has 0 unspecified atom stereocenters. The molecule has 1 amide bonds. The number of ether oxygens (including phenoxy) is 1. The highest BCUT2D eigenvalue weighted by atomic mass is 32.2. The maximum atomic E-state index is 12.5. The summed E-state index contributed by atoms with van der Waals surface area (Å²) in [6.45, 7) is 3.79. The standard InChI is InChI=1S/C18H21F3N2O4S2/c1-3-11(4-2)16(24)22-17-23(14-9-29(25,26)10-15(14)28-17)12-5-7-13(8-6-12)27-18(19,20)21/h5-8,11,14-15H,3-4,9-10H2,1-2H3/t14-,15+/m0/s1. The van der Waals surface area contributed by atoms with E-state index >= 15 is 0 Å². The van der Waals surface area contributed by atoms with E-state index in [9.17, 15) is 26.4 Å². The Morgan fingerprint density at radius 3 is 2.41 bits per heavy atom. The molecule has 0 radical (unpaired) electrons. The molecule has 11 heteroatoms. The molecule has 160 valence electrons. The lowest BCUT2D eigenvalue weighted by Crippen LogP contribution is -2.37. The van der Waals surface area contributed by atoms with Crippen LogP contribution in [0.5, 0.6) is 5.75 Å². The molecule has 1 aromatic rings. The molecule has 2 heterocycles. The molecule has 2 fully saturated rings. The molecule has 0 spiro atoms. The Balaban J connectivity index is 1.93. The van der Waals surface area contributed by atoms with Gasteiger partial charge < -0.3 is 9.64 Å². The average Bonchev–Trinajstić information content (AvgIpc) is 3.06. The molecule has 2 aliphatic rings. The monoisotopic (exact) mass is 450 g/mol. The summed E-state index contributed by atoms with van der Waals surface area (Å²) < 4.78 is 65.2. The fourth-order valence-corrected chi connectivity index (χ4v) is 7.42. The lowest BCUT2D eigenvalue weighted by molar-refractivity contribution is -0.274. The van der Waals surface area contributed by atoms with Crippen LogP contribution in [0.1, 0.15) is 26.7 Å². The van der Waals surface area contributed by atoms with E-state index in [4.69, 9.17) is 0 Å². The van der Waals surface area contributed by atoms with Crippen molar-refractivity contribution in [2.45, 2.75) is 44.3 Å². The summed E-state index contributed by atoms with van der Waals surface area (Å²) in [5.41, 5.74) is 0.465. The predicted molar refractivity (Wildman–Crippen MR) is 106 cm³/mol. The highest BCUT2D eigenvalue weighted by Crippen LogP contribution is 2.41. The van der Waals surface area contributed by atoms with Crippen molar-refractivity contribution in [2.24, 2.45) is 10.9 Å². The minimum absolute atomic E-state index is 0.0215. The van der Waals surface area contributed by atoms with Crippen LogP contribution >= 0.6 is 11.8 Å². The van der Waals surface area contributed by atoms with Gasteiger partial charge in [-0.3, -0.25) is 4.79 Å². The second-order valence-corrected chi connectivity index (χ2v) is 10.3. The number of benzene rings is 1. The van der Waals surface area contributed by atoms with Crippen molar-refractivity contribution in [3.63, 3.8) is 0 Å². The average molecular weight is 451 g/mol. The zero-order chi connectivity index (χ0) is 21.4. The smallest absolute Gasteiger partial charge is 0.406 e. The molecule has 1 aromatic carbocycles. The van der Waals surface area contributed by atoms with Crippen molar-refractivity contribution in [2.75, 3.05) is 16.4 Å². The molecule has 2 atom stereocenters. The van der Waals surface area contributed by atoms with E-state index in [1.807, 2.05) is 13.8 Å². The largest absolute Gasteiger partial charge is 0.573 e. The number of carbonyl (C=O) groups excluding carboxylic acids is 1. The Labute approximate surface area is 171 Å². The van der Waals surface area contributed by atoms with Crippen molar-refractivity contribution in [3.8, 4) is 5.75 Å². The SMILES string of the molecule is CCC(CC)C(=O)N=C1S[C@@H]2CS(=O)(=O)C[C@@H]2N1c1ccc(OC(F)(F)F)cc1. The number of hydrogen-bond donors (Lipinski definition) is 0. The van der Waals surface area contributed by atoms with Gasteiger partial charge >= 0.3 is 6.36 Å². The number of sulfone groups is 1. The molecular formula is C18H21F3N2O4S2. The topological polar surface area (TPSA) is 76.0 Å². The molecule has 0 aliphatic carbocycles. The third-order valence-electron chi connectivity index (χ3n) is 4.96. The fraction of sp³-hybridized carbons (Fsp3) is 0.556. The molecule has 0 bridgehead atoms. The van der Waals surface area contributed by atoms with Gasteiger partial charge in [0.1, 0.15) is 5.75 Å². The van der Waals surface area contributed by atoms with Gasteiger partial charge in [0, 0.05) is 16.9 Å². The third kappa shape index (κ3) is 5.06. The highest BCUT2D eigenvalue weighted by Gasteiger charge is 2.49. The van der Waals surface area contributed by atoms with E-state index in [0.29, 0.717) is 23.7 Å². The number of amidine groups is 1. The summed E-state index contributed by atoms with van der Waals surface area (Å²) in [6.07, 6.45) is -3.52. The van der Waals surface area contributed by atoms with E-state index in [1.165, 1.54) is 23.9 Å². The van der Waals surface area contributed by atoms with Gasteiger partial charge in [-0.1, -0.05) is 25.6 Å². The van der Waals surface area contributed by atoms with Gasteiger partial charge in [-0.05, 0) is 37.1 Å². The van der Waals surface area contributed by atoms with E-state index in [-0.39, 0.29) is 34.3 Å². The Morgan fingerprint density at radius 1 is 1.24 bits per heavy atom. The Kier molecular flexibility index (Phi) is 6.19. The van der Waals surface area contributed by atoms with Crippen molar-refractivity contribution >= 4 is 38.4 Å². The van der Waals surface area contributed by atoms with Gasteiger partial charge in [-0.15, -0.1) is 13.2 Å². The van der Waals surface area contributed by atoms with Crippen LogP contribution in [0.15, 0.2) is 29.3 Å².